The summed E-state index contributed by atoms with van der Waals surface area (Å²) in [6, 6.07) is 50.7. The lowest BCUT2D eigenvalue weighted by molar-refractivity contribution is 0.191. The highest BCUT2D eigenvalue weighted by atomic mass is 16.5. The molecule has 0 atom stereocenters. The SMILES string of the molecule is O.OCCOc1ccc(OCc2ccccc2)cc1OCc1ccccc1.OCCOc1ccc(OCc2ccccc2)cc1OCc1ccccc1. The highest BCUT2D eigenvalue weighted by molar-refractivity contribution is 5.47. The molecule has 0 aliphatic rings. The van der Waals surface area contributed by atoms with Gasteiger partial charge in [0, 0.05) is 12.1 Å². The summed E-state index contributed by atoms with van der Waals surface area (Å²) in [7, 11) is 0. The largest absolute Gasteiger partial charge is 0.489 e. The highest BCUT2D eigenvalue weighted by Crippen LogP contribution is 2.34. The lowest BCUT2D eigenvalue weighted by Gasteiger charge is -2.14. The van der Waals surface area contributed by atoms with E-state index in [1.54, 1.807) is 12.1 Å². The average molecular weight is 719 g/mol. The number of rotatable bonds is 18. The molecule has 6 aromatic rings. The molecule has 6 aromatic carbocycles. The fourth-order valence-corrected chi connectivity index (χ4v) is 4.88. The fraction of sp³-hybridized carbons (Fsp3) is 0.182. The first-order valence-electron chi connectivity index (χ1n) is 17.1. The maximum atomic E-state index is 9.00. The van der Waals surface area contributed by atoms with Crippen molar-refractivity contribution in [3.05, 3.63) is 180 Å². The van der Waals surface area contributed by atoms with Crippen LogP contribution >= 0.6 is 0 Å². The third-order valence-corrected chi connectivity index (χ3v) is 7.50. The second-order valence-corrected chi connectivity index (χ2v) is 11.5. The van der Waals surface area contributed by atoms with E-state index < -0.39 is 0 Å². The number of aliphatic hydroxyl groups is 2. The summed E-state index contributed by atoms with van der Waals surface area (Å²) in [5, 5.41) is 18.0. The van der Waals surface area contributed by atoms with E-state index in [9.17, 15) is 0 Å². The van der Waals surface area contributed by atoms with Gasteiger partial charge in [-0.05, 0) is 46.5 Å². The van der Waals surface area contributed by atoms with E-state index >= 15 is 0 Å². The topological polar surface area (TPSA) is 127 Å². The Kier molecular flexibility index (Phi) is 17.1. The van der Waals surface area contributed by atoms with E-state index in [1.165, 1.54) is 0 Å². The van der Waals surface area contributed by atoms with Gasteiger partial charge in [-0.3, -0.25) is 0 Å². The molecule has 0 radical (unpaired) electrons. The van der Waals surface area contributed by atoms with E-state index in [-0.39, 0.29) is 31.9 Å². The molecule has 9 heteroatoms. The minimum Gasteiger partial charge on any atom is -0.489 e. The second kappa shape index (κ2) is 22.7. The van der Waals surface area contributed by atoms with E-state index in [4.69, 9.17) is 38.6 Å². The van der Waals surface area contributed by atoms with Crippen LogP contribution in [0.25, 0.3) is 0 Å². The Labute approximate surface area is 310 Å². The highest BCUT2D eigenvalue weighted by Gasteiger charge is 2.10. The summed E-state index contributed by atoms with van der Waals surface area (Å²) in [6.07, 6.45) is 0. The Bertz CT molecular complexity index is 1720. The third kappa shape index (κ3) is 13.9. The van der Waals surface area contributed by atoms with Crippen LogP contribution in [0.15, 0.2) is 158 Å². The summed E-state index contributed by atoms with van der Waals surface area (Å²) in [4.78, 5) is 0. The van der Waals surface area contributed by atoms with Crippen molar-refractivity contribution in [2.75, 3.05) is 26.4 Å². The second-order valence-electron chi connectivity index (χ2n) is 11.5. The zero-order chi connectivity index (χ0) is 36.1. The van der Waals surface area contributed by atoms with Crippen LogP contribution in [0.4, 0.5) is 0 Å². The van der Waals surface area contributed by atoms with E-state index in [2.05, 4.69) is 0 Å². The molecule has 0 saturated heterocycles. The van der Waals surface area contributed by atoms with Crippen molar-refractivity contribution in [1.82, 2.24) is 0 Å². The van der Waals surface area contributed by atoms with Crippen LogP contribution < -0.4 is 28.4 Å². The first-order valence-corrected chi connectivity index (χ1v) is 17.1. The molecule has 0 heterocycles. The van der Waals surface area contributed by atoms with Crippen molar-refractivity contribution < 1.29 is 44.1 Å². The minimum absolute atomic E-state index is 0. The Hall–Kier alpha value is -6.00. The summed E-state index contributed by atoms with van der Waals surface area (Å²) in [5.41, 5.74) is 4.33. The van der Waals surface area contributed by atoms with Gasteiger partial charge in [-0.25, -0.2) is 0 Å². The van der Waals surface area contributed by atoms with Crippen molar-refractivity contribution >= 4 is 0 Å². The Morgan fingerprint density at radius 1 is 0.321 bits per heavy atom. The Morgan fingerprint density at radius 3 is 0.925 bits per heavy atom. The van der Waals surface area contributed by atoms with Gasteiger partial charge in [0.2, 0.25) is 0 Å². The number of ether oxygens (including phenoxy) is 6. The summed E-state index contributed by atoms with van der Waals surface area (Å²) in [6.45, 7) is 2.15. The van der Waals surface area contributed by atoms with Crippen LogP contribution in [0.2, 0.25) is 0 Å². The van der Waals surface area contributed by atoms with Crippen molar-refractivity contribution in [2.45, 2.75) is 26.4 Å². The van der Waals surface area contributed by atoms with Gasteiger partial charge >= 0.3 is 0 Å². The van der Waals surface area contributed by atoms with Gasteiger partial charge in [0.15, 0.2) is 23.0 Å². The van der Waals surface area contributed by atoms with Gasteiger partial charge in [0.1, 0.15) is 51.1 Å². The normalized spacial score (nSPS) is 10.2. The van der Waals surface area contributed by atoms with Gasteiger partial charge in [-0.15, -0.1) is 0 Å². The predicted octanol–water partition coefficient (Wildman–Crippen LogP) is 7.61. The smallest absolute Gasteiger partial charge is 0.165 e. The lowest BCUT2D eigenvalue weighted by Crippen LogP contribution is -2.05. The third-order valence-electron chi connectivity index (χ3n) is 7.50. The minimum atomic E-state index is -0.0512. The van der Waals surface area contributed by atoms with Crippen LogP contribution in [0.3, 0.4) is 0 Å². The molecule has 4 N–H and O–H groups in total. The van der Waals surface area contributed by atoms with Crippen LogP contribution in [-0.4, -0.2) is 42.1 Å². The standard InChI is InChI=1S/2C22H22O4.H2O/c2*23-13-14-24-21-12-11-20(25-16-18-7-3-1-4-8-18)15-22(21)26-17-19-9-5-2-6-10-19;/h2*1-12,15,23H,13-14,16-17H2;1H2. The predicted molar refractivity (Wildman–Crippen MR) is 205 cm³/mol. The van der Waals surface area contributed by atoms with Gasteiger partial charge in [-0.1, -0.05) is 121 Å². The van der Waals surface area contributed by atoms with Crippen LogP contribution in [0.1, 0.15) is 22.3 Å². The van der Waals surface area contributed by atoms with E-state index in [0.717, 1.165) is 22.3 Å². The average Bonchev–Trinajstić information content (AvgIpc) is 3.21. The monoisotopic (exact) mass is 718 g/mol. The van der Waals surface area contributed by atoms with E-state index in [1.807, 2.05) is 146 Å². The summed E-state index contributed by atoms with van der Waals surface area (Å²) >= 11 is 0. The number of benzene rings is 6. The molecule has 0 saturated carbocycles. The molecule has 53 heavy (non-hydrogen) atoms. The molecule has 0 bridgehead atoms. The first-order chi connectivity index (χ1) is 25.7. The van der Waals surface area contributed by atoms with Crippen LogP contribution in [0, 0.1) is 0 Å². The number of hydrogen-bond acceptors (Lipinski definition) is 8. The fourth-order valence-electron chi connectivity index (χ4n) is 4.88. The summed E-state index contributed by atoms with van der Waals surface area (Å²) < 4.78 is 34.7. The van der Waals surface area contributed by atoms with Crippen LogP contribution in [-0.2, 0) is 26.4 Å². The first kappa shape index (κ1) is 39.8. The quantitative estimate of drug-likeness (QED) is 0.0930. The zero-order valence-corrected chi connectivity index (χ0v) is 29.5. The molecule has 6 rings (SSSR count). The van der Waals surface area contributed by atoms with Crippen molar-refractivity contribution in [3.8, 4) is 34.5 Å². The number of hydrogen-bond donors (Lipinski definition) is 2. The van der Waals surface area contributed by atoms with Crippen molar-refractivity contribution in [2.24, 2.45) is 0 Å². The molecule has 9 nitrogen and oxygen atoms in total. The Morgan fingerprint density at radius 2 is 0.623 bits per heavy atom. The van der Waals surface area contributed by atoms with Crippen molar-refractivity contribution in [3.63, 3.8) is 0 Å². The van der Waals surface area contributed by atoms with Gasteiger partial charge in [-0.2, -0.15) is 0 Å². The molecule has 276 valence electrons. The van der Waals surface area contributed by atoms with Gasteiger partial charge in [0.25, 0.3) is 0 Å². The van der Waals surface area contributed by atoms with Gasteiger partial charge in [0.05, 0.1) is 13.2 Å². The zero-order valence-electron chi connectivity index (χ0n) is 29.5. The van der Waals surface area contributed by atoms with Crippen LogP contribution in [0.5, 0.6) is 34.5 Å². The Balaban J connectivity index is 0.000000232. The molecular formula is C44H46O9. The molecule has 0 unspecified atom stereocenters. The molecule has 0 aliphatic heterocycles. The number of aliphatic hydroxyl groups excluding tert-OH is 2. The molecule has 0 spiro atoms. The lowest BCUT2D eigenvalue weighted by atomic mass is 10.2. The molecule has 0 fully saturated rings. The van der Waals surface area contributed by atoms with Gasteiger partial charge < -0.3 is 44.1 Å². The molecular weight excluding hydrogens is 672 g/mol. The maximum absolute atomic E-state index is 9.00. The van der Waals surface area contributed by atoms with Crippen molar-refractivity contribution in [1.29, 1.82) is 0 Å². The molecule has 0 aromatic heterocycles. The summed E-state index contributed by atoms with van der Waals surface area (Å²) in [5.74, 6) is 3.76. The molecule has 0 amide bonds. The molecule has 0 aliphatic carbocycles. The maximum Gasteiger partial charge on any atom is 0.165 e. The van der Waals surface area contributed by atoms with E-state index in [0.29, 0.717) is 60.9 Å².